The molecule has 1 amide bonds. The van der Waals surface area contributed by atoms with E-state index in [-0.39, 0.29) is 5.91 Å². The van der Waals surface area contributed by atoms with Gasteiger partial charge in [-0.1, -0.05) is 0 Å². The molecule has 1 aliphatic carbocycles. The highest BCUT2D eigenvalue weighted by molar-refractivity contribution is 6.13. The predicted molar refractivity (Wildman–Crippen MR) is 77.8 cm³/mol. The van der Waals surface area contributed by atoms with E-state index in [2.05, 4.69) is 15.6 Å². The zero-order chi connectivity index (χ0) is 15.1. The Morgan fingerprint density at radius 1 is 1.38 bits per heavy atom. The van der Waals surface area contributed by atoms with E-state index in [0.29, 0.717) is 43.7 Å². The lowest BCUT2D eigenvalue weighted by atomic mass is 9.94. The van der Waals surface area contributed by atoms with Crippen molar-refractivity contribution in [2.75, 3.05) is 47.2 Å². The van der Waals surface area contributed by atoms with Crippen molar-refractivity contribution < 1.29 is 19.0 Å². The molecule has 7 nitrogen and oxygen atoms in total. The maximum atomic E-state index is 11.8. The molecule has 7 heteroatoms. The standard InChI is InChI=1S/C14H21N3O4/c1-15-3-4-20-5-6-21-13-8-11-10(7-12(13)19-2)14(18)17-9-16-11/h7-8,10,15H,3-6,9H2,1-2H3,(H,17,18). The van der Waals surface area contributed by atoms with Crippen molar-refractivity contribution in [1.29, 1.82) is 0 Å². The molecule has 116 valence electrons. The van der Waals surface area contributed by atoms with Gasteiger partial charge in [-0.25, -0.2) is 0 Å². The number of amides is 1. The van der Waals surface area contributed by atoms with E-state index in [1.807, 2.05) is 7.05 Å². The van der Waals surface area contributed by atoms with Gasteiger partial charge in [0.2, 0.25) is 5.91 Å². The van der Waals surface area contributed by atoms with Crippen molar-refractivity contribution in [3.05, 3.63) is 23.7 Å². The van der Waals surface area contributed by atoms with Gasteiger partial charge in [0.1, 0.15) is 19.2 Å². The Kier molecular flexibility index (Phi) is 5.77. The first-order valence-electron chi connectivity index (χ1n) is 6.91. The third kappa shape index (κ3) is 4.05. The first kappa shape index (κ1) is 15.5. The average molecular weight is 295 g/mol. The van der Waals surface area contributed by atoms with Crippen molar-refractivity contribution in [2.45, 2.75) is 0 Å². The molecular formula is C14H21N3O4. The highest BCUT2D eigenvalue weighted by Gasteiger charge is 2.30. The fourth-order valence-corrected chi connectivity index (χ4v) is 2.06. The molecule has 1 atom stereocenters. The second-order valence-electron chi connectivity index (χ2n) is 4.57. The molecule has 0 saturated carbocycles. The quantitative estimate of drug-likeness (QED) is 0.607. The number of aliphatic imine (C=N–C) groups is 1. The molecule has 2 aliphatic rings. The number of hydrogen-bond acceptors (Lipinski definition) is 6. The first-order valence-corrected chi connectivity index (χ1v) is 6.91. The van der Waals surface area contributed by atoms with Crippen LogP contribution in [0.15, 0.2) is 28.7 Å². The van der Waals surface area contributed by atoms with E-state index in [1.54, 1.807) is 19.3 Å². The Hall–Kier alpha value is -1.86. The fourth-order valence-electron chi connectivity index (χ4n) is 2.06. The molecule has 2 N–H and O–H groups in total. The Bertz CT molecular complexity index is 471. The number of allylic oxidation sites excluding steroid dienone is 1. The molecule has 0 saturated heterocycles. The highest BCUT2D eigenvalue weighted by Crippen LogP contribution is 2.24. The summed E-state index contributed by atoms with van der Waals surface area (Å²) in [5, 5.41) is 5.69. The molecule has 1 heterocycles. The number of nitrogens with zero attached hydrogens (tertiary/aromatic N) is 1. The van der Waals surface area contributed by atoms with Crippen LogP contribution in [0.25, 0.3) is 0 Å². The molecule has 0 aromatic heterocycles. The number of hydrogen-bond donors (Lipinski definition) is 2. The topological polar surface area (TPSA) is 81.2 Å². The van der Waals surface area contributed by atoms with Crippen LogP contribution in [0.1, 0.15) is 0 Å². The minimum atomic E-state index is -0.395. The third-order valence-corrected chi connectivity index (χ3v) is 3.16. The smallest absolute Gasteiger partial charge is 0.234 e. The monoisotopic (exact) mass is 295 g/mol. The number of fused-ring (bicyclic) bond motifs is 1. The van der Waals surface area contributed by atoms with Crippen LogP contribution in [-0.4, -0.2) is 58.8 Å². The van der Waals surface area contributed by atoms with E-state index in [0.717, 1.165) is 6.54 Å². The molecular weight excluding hydrogens is 274 g/mol. The first-order chi connectivity index (χ1) is 10.3. The van der Waals surface area contributed by atoms with Crippen molar-refractivity contribution >= 4 is 11.6 Å². The van der Waals surface area contributed by atoms with Crippen LogP contribution in [0.3, 0.4) is 0 Å². The third-order valence-electron chi connectivity index (χ3n) is 3.16. The molecule has 1 unspecified atom stereocenters. The summed E-state index contributed by atoms with van der Waals surface area (Å²) in [7, 11) is 3.43. The zero-order valence-corrected chi connectivity index (χ0v) is 12.3. The summed E-state index contributed by atoms with van der Waals surface area (Å²) < 4.78 is 16.3. The summed E-state index contributed by atoms with van der Waals surface area (Å²) in [5.41, 5.74) is 0.700. The number of likely N-dealkylation sites (N-methyl/N-ethyl adjacent to an activating group) is 1. The number of rotatable bonds is 8. The molecule has 0 radical (unpaired) electrons. The number of carbonyl (C=O) groups excluding carboxylic acids is 1. The van der Waals surface area contributed by atoms with Gasteiger partial charge in [0.05, 0.1) is 26.0 Å². The molecule has 0 aromatic rings. The van der Waals surface area contributed by atoms with Gasteiger partial charge in [-0.3, -0.25) is 9.79 Å². The lowest BCUT2D eigenvalue weighted by molar-refractivity contribution is -0.122. The summed E-state index contributed by atoms with van der Waals surface area (Å²) >= 11 is 0. The van der Waals surface area contributed by atoms with Gasteiger partial charge in [0.15, 0.2) is 11.5 Å². The lowest BCUT2D eigenvalue weighted by Crippen LogP contribution is -2.40. The molecule has 0 fully saturated rings. The lowest BCUT2D eigenvalue weighted by Gasteiger charge is -2.24. The Morgan fingerprint density at radius 2 is 2.24 bits per heavy atom. The average Bonchev–Trinajstić information content (AvgIpc) is 2.50. The SMILES string of the molecule is CNCCOCCOC1=CC2=NCNC(=O)C2C=C1OC. The Morgan fingerprint density at radius 3 is 3.00 bits per heavy atom. The van der Waals surface area contributed by atoms with Crippen LogP contribution in [0.5, 0.6) is 0 Å². The maximum absolute atomic E-state index is 11.8. The van der Waals surface area contributed by atoms with E-state index in [4.69, 9.17) is 14.2 Å². The molecule has 1 aliphatic heterocycles. The van der Waals surface area contributed by atoms with Crippen molar-refractivity contribution in [3.63, 3.8) is 0 Å². The minimum absolute atomic E-state index is 0.0692. The van der Waals surface area contributed by atoms with Gasteiger partial charge < -0.3 is 24.8 Å². The van der Waals surface area contributed by atoms with Crippen LogP contribution >= 0.6 is 0 Å². The molecule has 0 spiro atoms. The summed E-state index contributed by atoms with van der Waals surface area (Å²) in [6.07, 6.45) is 3.49. The number of methoxy groups -OCH3 is 1. The summed E-state index contributed by atoms with van der Waals surface area (Å²) in [5.74, 6) is 0.666. The van der Waals surface area contributed by atoms with Gasteiger partial charge in [0, 0.05) is 12.6 Å². The number of nitrogens with one attached hydrogen (secondary N) is 2. The van der Waals surface area contributed by atoms with Gasteiger partial charge in [-0.05, 0) is 13.1 Å². The minimum Gasteiger partial charge on any atom is -0.493 e. The van der Waals surface area contributed by atoms with Crippen molar-refractivity contribution in [2.24, 2.45) is 10.9 Å². The van der Waals surface area contributed by atoms with Crippen LogP contribution in [0.4, 0.5) is 0 Å². The second-order valence-corrected chi connectivity index (χ2v) is 4.57. The van der Waals surface area contributed by atoms with E-state index < -0.39 is 5.92 Å². The molecule has 0 aromatic carbocycles. The van der Waals surface area contributed by atoms with Crippen LogP contribution in [0, 0.1) is 5.92 Å². The highest BCUT2D eigenvalue weighted by atomic mass is 16.5. The summed E-state index contributed by atoms with van der Waals surface area (Å²) in [4.78, 5) is 16.0. The fraction of sp³-hybridized carbons (Fsp3) is 0.571. The predicted octanol–water partition coefficient (Wildman–Crippen LogP) is -0.189. The van der Waals surface area contributed by atoms with Crippen LogP contribution in [-0.2, 0) is 19.0 Å². The van der Waals surface area contributed by atoms with Gasteiger partial charge >= 0.3 is 0 Å². The largest absolute Gasteiger partial charge is 0.493 e. The number of ether oxygens (including phenoxy) is 3. The van der Waals surface area contributed by atoms with Crippen molar-refractivity contribution in [3.8, 4) is 0 Å². The maximum Gasteiger partial charge on any atom is 0.234 e. The van der Waals surface area contributed by atoms with E-state index in [1.165, 1.54) is 0 Å². The summed E-state index contributed by atoms with van der Waals surface area (Å²) in [6, 6.07) is 0. The molecule has 0 bridgehead atoms. The molecule has 21 heavy (non-hydrogen) atoms. The van der Waals surface area contributed by atoms with Gasteiger partial charge in [0.25, 0.3) is 0 Å². The van der Waals surface area contributed by atoms with E-state index >= 15 is 0 Å². The zero-order valence-electron chi connectivity index (χ0n) is 12.3. The number of carbonyl (C=O) groups is 1. The van der Waals surface area contributed by atoms with Gasteiger partial charge in [-0.2, -0.15) is 0 Å². The summed E-state index contributed by atoms with van der Waals surface area (Å²) in [6.45, 7) is 2.66. The van der Waals surface area contributed by atoms with Gasteiger partial charge in [-0.15, -0.1) is 0 Å². The second kappa shape index (κ2) is 7.80. The van der Waals surface area contributed by atoms with Crippen molar-refractivity contribution in [1.82, 2.24) is 10.6 Å². The van der Waals surface area contributed by atoms with Crippen LogP contribution < -0.4 is 10.6 Å². The Balaban J connectivity index is 1.90. The van der Waals surface area contributed by atoms with E-state index in [9.17, 15) is 4.79 Å². The molecule has 2 rings (SSSR count). The normalized spacial score (nSPS) is 20.8. The van der Waals surface area contributed by atoms with Crippen LogP contribution in [0.2, 0.25) is 0 Å². The Labute approximate surface area is 124 Å².